The molecule has 0 radical (unpaired) electrons. The second kappa shape index (κ2) is 8.62. The largest absolute Gasteiger partial charge is 1.00 e. The van der Waals surface area contributed by atoms with Gasteiger partial charge in [0.2, 0.25) is 0 Å². The van der Waals surface area contributed by atoms with Crippen LogP contribution in [0.3, 0.4) is 0 Å². The Labute approximate surface area is 127 Å². The molecular weight excluding hydrogens is 270 g/mol. The van der Waals surface area contributed by atoms with Crippen LogP contribution in [0.2, 0.25) is 0 Å². The fourth-order valence-electron chi connectivity index (χ4n) is 2.08. The molecule has 0 saturated carbocycles. The molecule has 0 aliphatic carbocycles. The minimum atomic E-state index is 0. The second-order valence-corrected chi connectivity index (χ2v) is 4.67. The molecule has 2 nitrogen and oxygen atoms in total. The van der Waals surface area contributed by atoms with Gasteiger partial charge in [-0.05, 0) is 37.7 Å². The second-order valence-electron chi connectivity index (χ2n) is 4.67. The number of nitrogens with one attached hydrogen (secondary N) is 1. The van der Waals surface area contributed by atoms with E-state index >= 15 is 0 Å². The first-order valence-electron chi connectivity index (χ1n) is 6.73. The van der Waals surface area contributed by atoms with Crippen molar-refractivity contribution in [1.82, 2.24) is 5.32 Å². The van der Waals surface area contributed by atoms with Crippen LogP contribution in [0.15, 0.2) is 54.6 Å². The van der Waals surface area contributed by atoms with Crippen LogP contribution in [0, 0.1) is 6.92 Å². The quantitative estimate of drug-likeness (QED) is 0.847. The van der Waals surface area contributed by atoms with Gasteiger partial charge in [0.05, 0.1) is 0 Å². The molecular formula is C17H21ClNO-. The number of para-hydroxylation sites is 1. The lowest BCUT2D eigenvalue weighted by Gasteiger charge is -2.20. The third kappa shape index (κ3) is 4.55. The van der Waals surface area contributed by atoms with Crippen LogP contribution in [0.4, 0.5) is 0 Å². The summed E-state index contributed by atoms with van der Waals surface area (Å²) in [6, 6.07) is 18.6. The van der Waals surface area contributed by atoms with E-state index in [1.54, 1.807) is 0 Å². The maximum absolute atomic E-state index is 6.19. The van der Waals surface area contributed by atoms with Gasteiger partial charge in [-0.3, -0.25) is 0 Å². The molecule has 1 atom stereocenters. The smallest absolute Gasteiger partial charge is 0.125 e. The van der Waals surface area contributed by atoms with E-state index in [9.17, 15) is 0 Å². The number of halogens is 1. The van der Waals surface area contributed by atoms with E-state index in [-0.39, 0.29) is 18.5 Å². The van der Waals surface area contributed by atoms with Crippen molar-refractivity contribution in [3.8, 4) is 5.75 Å². The van der Waals surface area contributed by atoms with Gasteiger partial charge in [0, 0.05) is 6.42 Å². The first-order chi connectivity index (χ1) is 9.31. The fraction of sp³-hybridized carbons (Fsp3) is 0.294. The molecule has 0 aliphatic heterocycles. The van der Waals surface area contributed by atoms with Gasteiger partial charge in [-0.25, -0.2) is 0 Å². The highest BCUT2D eigenvalue weighted by atomic mass is 35.5. The summed E-state index contributed by atoms with van der Waals surface area (Å²) in [6.45, 7) is 3.01. The normalized spacial score (nSPS) is 11.5. The molecule has 0 heterocycles. The van der Waals surface area contributed by atoms with Crippen LogP contribution < -0.4 is 22.5 Å². The van der Waals surface area contributed by atoms with Crippen LogP contribution in [0.1, 0.15) is 23.7 Å². The highest BCUT2D eigenvalue weighted by Crippen LogP contribution is 2.26. The third-order valence-corrected chi connectivity index (χ3v) is 3.19. The molecule has 0 bridgehead atoms. The number of aryl methyl sites for hydroxylation is 1. The maximum atomic E-state index is 6.19. The molecule has 1 N–H and O–H groups in total. The van der Waals surface area contributed by atoms with Gasteiger partial charge in [-0.1, -0.05) is 48.5 Å². The minimum Gasteiger partial charge on any atom is -1.00 e. The van der Waals surface area contributed by atoms with Gasteiger partial charge in [0.1, 0.15) is 11.9 Å². The first-order valence-corrected chi connectivity index (χ1v) is 6.73. The predicted octanol–water partition coefficient (Wildman–Crippen LogP) is 0.729. The van der Waals surface area contributed by atoms with Crippen molar-refractivity contribution in [2.45, 2.75) is 19.4 Å². The van der Waals surface area contributed by atoms with E-state index in [4.69, 9.17) is 4.74 Å². The zero-order valence-corrected chi connectivity index (χ0v) is 12.7. The van der Waals surface area contributed by atoms with Gasteiger partial charge >= 0.3 is 0 Å². The van der Waals surface area contributed by atoms with Crippen LogP contribution in [0.25, 0.3) is 0 Å². The van der Waals surface area contributed by atoms with Crippen molar-refractivity contribution in [2.24, 2.45) is 0 Å². The third-order valence-electron chi connectivity index (χ3n) is 3.19. The summed E-state index contributed by atoms with van der Waals surface area (Å²) in [5.74, 6) is 0.965. The zero-order valence-electron chi connectivity index (χ0n) is 12.0. The van der Waals surface area contributed by atoms with E-state index in [0.717, 1.165) is 18.7 Å². The van der Waals surface area contributed by atoms with Gasteiger partial charge < -0.3 is 22.5 Å². The predicted molar refractivity (Wildman–Crippen MR) is 79.5 cm³/mol. The van der Waals surface area contributed by atoms with E-state index < -0.39 is 0 Å². The summed E-state index contributed by atoms with van der Waals surface area (Å²) in [5.41, 5.74) is 2.40. The number of ether oxygens (including phenoxy) is 1. The summed E-state index contributed by atoms with van der Waals surface area (Å²) in [6.07, 6.45) is 1.05. The van der Waals surface area contributed by atoms with Gasteiger partial charge in [0.25, 0.3) is 0 Å². The maximum Gasteiger partial charge on any atom is 0.125 e. The Morgan fingerprint density at radius 3 is 2.30 bits per heavy atom. The molecule has 0 aromatic heterocycles. The Bertz CT molecular complexity index is 501. The molecule has 2 rings (SSSR count). The topological polar surface area (TPSA) is 21.3 Å². The van der Waals surface area contributed by atoms with E-state index in [2.05, 4.69) is 42.6 Å². The first kappa shape index (κ1) is 16.5. The Morgan fingerprint density at radius 1 is 1.00 bits per heavy atom. The van der Waals surface area contributed by atoms with E-state index in [0.29, 0.717) is 0 Å². The molecule has 20 heavy (non-hydrogen) atoms. The van der Waals surface area contributed by atoms with E-state index in [1.807, 2.05) is 31.3 Å². The molecule has 1 unspecified atom stereocenters. The molecule has 0 amide bonds. The lowest BCUT2D eigenvalue weighted by atomic mass is 10.1. The van der Waals surface area contributed by atoms with Crippen molar-refractivity contribution in [2.75, 3.05) is 13.6 Å². The lowest BCUT2D eigenvalue weighted by Crippen LogP contribution is -3.00. The fourth-order valence-corrected chi connectivity index (χ4v) is 2.08. The van der Waals surface area contributed by atoms with Crippen LogP contribution in [0.5, 0.6) is 5.75 Å². The summed E-state index contributed by atoms with van der Waals surface area (Å²) >= 11 is 0. The standard InChI is InChI=1S/C17H21NO.ClH/c1-14-8-6-7-11-16(14)19-17(12-13-18-2)15-9-4-3-5-10-15;/h3-11,17-18H,12-13H2,1-2H3;1H/p-1. The minimum absolute atomic E-state index is 0. The Kier molecular flexibility index (Phi) is 7.13. The summed E-state index contributed by atoms with van der Waals surface area (Å²) in [7, 11) is 1.97. The average molecular weight is 291 g/mol. The Balaban J connectivity index is 0.00000200. The summed E-state index contributed by atoms with van der Waals surface area (Å²) in [4.78, 5) is 0. The number of rotatable bonds is 6. The average Bonchev–Trinajstić information content (AvgIpc) is 2.46. The molecule has 0 aliphatic rings. The van der Waals surface area contributed by atoms with Crippen LogP contribution in [-0.4, -0.2) is 13.6 Å². The zero-order chi connectivity index (χ0) is 13.5. The number of hydrogen-bond donors (Lipinski definition) is 1. The summed E-state index contributed by atoms with van der Waals surface area (Å²) in [5, 5.41) is 3.19. The van der Waals surface area contributed by atoms with Crippen molar-refractivity contribution in [3.05, 3.63) is 65.7 Å². The monoisotopic (exact) mass is 290 g/mol. The highest BCUT2D eigenvalue weighted by molar-refractivity contribution is 5.33. The molecule has 0 spiro atoms. The molecule has 0 saturated heterocycles. The van der Waals surface area contributed by atoms with Gasteiger partial charge in [0.15, 0.2) is 0 Å². The van der Waals surface area contributed by atoms with Gasteiger partial charge in [-0.15, -0.1) is 0 Å². The number of benzene rings is 2. The molecule has 0 fully saturated rings. The van der Waals surface area contributed by atoms with Crippen LogP contribution >= 0.6 is 0 Å². The Hall–Kier alpha value is -1.51. The van der Waals surface area contributed by atoms with E-state index in [1.165, 1.54) is 11.1 Å². The highest BCUT2D eigenvalue weighted by Gasteiger charge is 2.13. The van der Waals surface area contributed by atoms with Crippen molar-refractivity contribution in [1.29, 1.82) is 0 Å². The van der Waals surface area contributed by atoms with Crippen molar-refractivity contribution >= 4 is 0 Å². The van der Waals surface area contributed by atoms with Crippen molar-refractivity contribution in [3.63, 3.8) is 0 Å². The molecule has 3 heteroatoms. The Morgan fingerprint density at radius 2 is 1.65 bits per heavy atom. The summed E-state index contributed by atoms with van der Waals surface area (Å²) < 4.78 is 6.19. The SMILES string of the molecule is CNCCC(Oc1ccccc1C)c1ccccc1.[Cl-]. The van der Waals surface area contributed by atoms with Crippen molar-refractivity contribution < 1.29 is 17.1 Å². The van der Waals surface area contributed by atoms with Gasteiger partial charge in [-0.2, -0.15) is 0 Å². The number of hydrogen-bond acceptors (Lipinski definition) is 2. The molecule has 108 valence electrons. The lowest BCUT2D eigenvalue weighted by molar-refractivity contribution is -0.00000469. The molecule has 2 aromatic carbocycles. The molecule has 2 aromatic rings. The van der Waals surface area contributed by atoms with Crippen LogP contribution in [-0.2, 0) is 0 Å².